The molecule has 0 rings (SSSR count). The molecule has 0 spiro atoms. The topological polar surface area (TPSA) is 75.4 Å². The summed E-state index contributed by atoms with van der Waals surface area (Å²) in [5.74, 6) is 0.0000604. The van der Waals surface area contributed by atoms with Crippen molar-refractivity contribution < 1.29 is 9.90 Å². The zero-order valence-corrected chi connectivity index (χ0v) is 11.5. The average molecular weight is 244 g/mol. The second-order valence-corrected chi connectivity index (χ2v) is 5.43. The maximum absolute atomic E-state index is 11.8. The van der Waals surface area contributed by atoms with Crippen molar-refractivity contribution in [3.63, 3.8) is 0 Å². The standard InChI is InChI=1S/C13H28N2O2/c1-4-6-11(9-14)12(17)15-10-13(2,3)7-5-8-16/h11,16H,4-10,14H2,1-3H3,(H,15,17). The Morgan fingerprint density at radius 3 is 2.59 bits per heavy atom. The Bertz CT molecular complexity index is 217. The molecule has 0 saturated heterocycles. The van der Waals surface area contributed by atoms with Gasteiger partial charge >= 0.3 is 0 Å². The first-order valence-electron chi connectivity index (χ1n) is 6.55. The Hall–Kier alpha value is -0.610. The van der Waals surface area contributed by atoms with Crippen LogP contribution in [-0.2, 0) is 4.79 Å². The molecule has 0 aliphatic carbocycles. The van der Waals surface area contributed by atoms with Crippen LogP contribution in [0.4, 0.5) is 0 Å². The van der Waals surface area contributed by atoms with E-state index in [0.717, 1.165) is 25.7 Å². The van der Waals surface area contributed by atoms with Gasteiger partial charge < -0.3 is 16.2 Å². The zero-order chi connectivity index (χ0) is 13.3. The van der Waals surface area contributed by atoms with Crippen molar-refractivity contribution in [3.8, 4) is 0 Å². The molecule has 17 heavy (non-hydrogen) atoms. The van der Waals surface area contributed by atoms with Gasteiger partial charge in [0.25, 0.3) is 0 Å². The third-order valence-electron chi connectivity index (χ3n) is 3.05. The third-order valence-corrected chi connectivity index (χ3v) is 3.05. The summed E-state index contributed by atoms with van der Waals surface area (Å²) in [4.78, 5) is 11.8. The van der Waals surface area contributed by atoms with E-state index >= 15 is 0 Å². The molecule has 4 heteroatoms. The minimum absolute atomic E-state index is 0.0315. The highest BCUT2D eigenvalue weighted by molar-refractivity contribution is 5.78. The fourth-order valence-corrected chi connectivity index (χ4v) is 1.82. The van der Waals surface area contributed by atoms with Crippen molar-refractivity contribution in [2.45, 2.75) is 46.5 Å². The van der Waals surface area contributed by atoms with Crippen LogP contribution >= 0.6 is 0 Å². The van der Waals surface area contributed by atoms with Gasteiger partial charge in [-0.3, -0.25) is 4.79 Å². The Morgan fingerprint density at radius 1 is 1.47 bits per heavy atom. The molecule has 0 aromatic rings. The number of hydrogen-bond acceptors (Lipinski definition) is 3. The molecule has 0 radical (unpaired) electrons. The van der Waals surface area contributed by atoms with Gasteiger partial charge in [-0.15, -0.1) is 0 Å². The molecule has 0 bridgehead atoms. The van der Waals surface area contributed by atoms with Gasteiger partial charge in [0, 0.05) is 19.7 Å². The lowest BCUT2D eigenvalue weighted by Crippen LogP contribution is -2.40. The fraction of sp³-hybridized carbons (Fsp3) is 0.923. The molecule has 0 saturated carbocycles. The number of nitrogens with one attached hydrogen (secondary N) is 1. The number of carbonyl (C=O) groups excluding carboxylic acids is 1. The molecule has 0 aromatic carbocycles. The van der Waals surface area contributed by atoms with Crippen LogP contribution in [0.15, 0.2) is 0 Å². The van der Waals surface area contributed by atoms with E-state index in [1.165, 1.54) is 0 Å². The lowest BCUT2D eigenvalue weighted by atomic mass is 9.87. The van der Waals surface area contributed by atoms with Gasteiger partial charge in [0.15, 0.2) is 0 Å². The molecule has 0 aromatic heterocycles. The van der Waals surface area contributed by atoms with E-state index in [4.69, 9.17) is 10.8 Å². The van der Waals surface area contributed by atoms with Crippen LogP contribution in [0.2, 0.25) is 0 Å². The maximum atomic E-state index is 11.8. The average Bonchev–Trinajstić information content (AvgIpc) is 2.30. The van der Waals surface area contributed by atoms with E-state index in [0.29, 0.717) is 13.1 Å². The summed E-state index contributed by atoms with van der Waals surface area (Å²) in [5.41, 5.74) is 5.62. The Balaban J connectivity index is 4.03. The van der Waals surface area contributed by atoms with Crippen molar-refractivity contribution in [3.05, 3.63) is 0 Å². The van der Waals surface area contributed by atoms with Gasteiger partial charge in [0.05, 0.1) is 5.92 Å². The van der Waals surface area contributed by atoms with Gasteiger partial charge in [-0.25, -0.2) is 0 Å². The second-order valence-electron chi connectivity index (χ2n) is 5.43. The van der Waals surface area contributed by atoms with E-state index in [1.807, 2.05) is 0 Å². The lowest BCUT2D eigenvalue weighted by Gasteiger charge is -2.26. The van der Waals surface area contributed by atoms with Crippen molar-refractivity contribution in [2.24, 2.45) is 17.1 Å². The Morgan fingerprint density at radius 2 is 2.12 bits per heavy atom. The summed E-state index contributed by atoms with van der Waals surface area (Å²) in [6.07, 6.45) is 3.51. The first kappa shape index (κ1) is 16.4. The summed E-state index contributed by atoms with van der Waals surface area (Å²) in [7, 11) is 0. The molecule has 102 valence electrons. The van der Waals surface area contributed by atoms with Gasteiger partial charge in [-0.1, -0.05) is 27.2 Å². The lowest BCUT2D eigenvalue weighted by molar-refractivity contribution is -0.125. The highest BCUT2D eigenvalue weighted by Gasteiger charge is 2.21. The predicted octanol–water partition coefficient (Wildman–Crippen LogP) is 1.28. The molecular weight excluding hydrogens is 216 g/mol. The third kappa shape index (κ3) is 7.34. The van der Waals surface area contributed by atoms with Crippen LogP contribution in [0, 0.1) is 11.3 Å². The normalized spacial score (nSPS) is 13.5. The van der Waals surface area contributed by atoms with Crippen LogP contribution in [-0.4, -0.2) is 30.7 Å². The number of carbonyl (C=O) groups is 1. The summed E-state index contributed by atoms with van der Waals surface area (Å²) >= 11 is 0. The molecule has 0 aliphatic heterocycles. The highest BCUT2D eigenvalue weighted by atomic mass is 16.2. The fourth-order valence-electron chi connectivity index (χ4n) is 1.82. The maximum Gasteiger partial charge on any atom is 0.224 e. The molecular formula is C13H28N2O2. The summed E-state index contributed by atoms with van der Waals surface area (Å²) in [6.45, 7) is 7.52. The molecule has 0 aliphatic rings. The number of hydrogen-bond donors (Lipinski definition) is 3. The summed E-state index contributed by atoms with van der Waals surface area (Å²) < 4.78 is 0. The van der Waals surface area contributed by atoms with Crippen molar-refractivity contribution in [1.82, 2.24) is 5.32 Å². The number of rotatable bonds is 9. The van der Waals surface area contributed by atoms with E-state index in [9.17, 15) is 4.79 Å². The summed E-state index contributed by atoms with van der Waals surface area (Å²) in [6, 6.07) is 0. The monoisotopic (exact) mass is 244 g/mol. The van der Waals surface area contributed by atoms with E-state index in [1.54, 1.807) is 0 Å². The van der Waals surface area contributed by atoms with Crippen LogP contribution in [0.3, 0.4) is 0 Å². The van der Waals surface area contributed by atoms with E-state index < -0.39 is 0 Å². The van der Waals surface area contributed by atoms with Crippen molar-refractivity contribution in [2.75, 3.05) is 19.7 Å². The van der Waals surface area contributed by atoms with E-state index in [2.05, 4.69) is 26.1 Å². The van der Waals surface area contributed by atoms with Gasteiger partial charge in [0.2, 0.25) is 5.91 Å². The first-order chi connectivity index (χ1) is 7.96. The molecule has 1 unspecified atom stereocenters. The minimum atomic E-state index is -0.0614. The highest BCUT2D eigenvalue weighted by Crippen LogP contribution is 2.21. The van der Waals surface area contributed by atoms with Crippen molar-refractivity contribution >= 4 is 5.91 Å². The van der Waals surface area contributed by atoms with Crippen LogP contribution in [0.5, 0.6) is 0 Å². The van der Waals surface area contributed by atoms with Crippen LogP contribution < -0.4 is 11.1 Å². The zero-order valence-electron chi connectivity index (χ0n) is 11.5. The minimum Gasteiger partial charge on any atom is -0.396 e. The van der Waals surface area contributed by atoms with Crippen LogP contribution in [0.25, 0.3) is 0 Å². The second kappa shape index (κ2) is 8.48. The smallest absolute Gasteiger partial charge is 0.224 e. The molecule has 4 N–H and O–H groups in total. The largest absolute Gasteiger partial charge is 0.396 e. The van der Waals surface area contributed by atoms with Gasteiger partial charge in [-0.2, -0.15) is 0 Å². The summed E-state index contributed by atoms with van der Waals surface area (Å²) in [5, 5.41) is 11.8. The predicted molar refractivity (Wildman–Crippen MR) is 70.6 cm³/mol. The molecule has 0 heterocycles. The van der Waals surface area contributed by atoms with Crippen molar-refractivity contribution in [1.29, 1.82) is 0 Å². The Kier molecular flexibility index (Phi) is 8.17. The number of amides is 1. The number of aliphatic hydroxyl groups excluding tert-OH is 1. The first-order valence-corrected chi connectivity index (χ1v) is 6.55. The van der Waals surface area contributed by atoms with Crippen LogP contribution in [0.1, 0.15) is 46.5 Å². The SMILES string of the molecule is CCCC(CN)C(=O)NCC(C)(C)CCCO. The van der Waals surface area contributed by atoms with Gasteiger partial charge in [0.1, 0.15) is 0 Å². The van der Waals surface area contributed by atoms with Gasteiger partial charge in [-0.05, 0) is 24.7 Å². The molecule has 4 nitrogen and oxygen atoms in total. The Labute approximate surface area is 105 Å². The quantitative estimate of drug-likeness (QED) is 0.572. The molecule has 1 atom stereocenters. The molecule has 0 fully saturated rings. The van der Waals surface area contributed by atoms with E-state index in [-0.39, 0.29) is 23.8 Å². The number of aliphatic hydroxyl groups is 1. The molecule has 1 amide bonds. The number of nitrogens with two attached hydrogens (primary N) is 1.